The lowest BCUT2D eigenvalue weighted by atomic mass is 9.96. The van der Waals surface area contributed by atoms with Crippen LogP contribution in [0.2, 0.25) is 0 Å². The quantitative estimate of drug-likeness (QED) is 0.356. The molecule has 6 nitrogen and oxygen atoms in total. The molecule has 2 N–H and O–H groups in total. The molecule has 3 aromatic carbocycles. The van der Waals surface area contributed by atoms with Gasteiger partial charge in [-0.1, -0.05) is 42.5 Å². The number of urea groups is 1. The average Bonchev–Trinajstić information content (AvgIpc) is 3.40. The van der Waals surface area contributed by atoms with E-state index in [0.717, 1.165) is 28.6 Å². The number of amides is 2. The van der Waals surface area contributed by atoms with Gasteiger partial charge in [0.1, 0.15) is 0 Å². The minimum atomic E-state index is -0.213. The maximum Gasteiger partial charge on any atom is 0.319 e. The summed E-state index contributed by atoms with van der Waals surface area (Å²) >= 11 is 0. The van der Waals surface area contributed by atoms with Crippen LogP contribution in [0.4, 0.5) is 16.2 Å². The normalized spacial score (nSPS) is 19.0. The van der Waals surface area contributed by atoms with Crippen LogP contribution in [0.15, 0.2) is 72.9 Å². The lowest BCUT2D eigenvalue weighted by Crippen LogP contribution is -2.39. The fourth-order valence-corrected chi connectivity index (χ4v) is 6.09. The number of aromatic nitrogens is 2. The predicted octanol–water partition coefficient (Wildman–Crippen LogP) is 6.01. The average molecular weight is 480 g/mol. The summed E-state index contributed by atoms with van der Waals surface area (Å²) < 4.78 is 1.81. The van der Waals surface area contributed by atoms with Crippen LogP contribution in [0.5, 0.6) is 0 Å². The highest BCUT2D eigenvalue weighted by molar-refractivity contribution is 6.00. The Morgan fingerprint density at radius 2 is 1.75 bits per heavy atom. The number of rotatable bonds is 6. The van der Waals surface area contributed by atoms with Crippen LogP contribution in [0, 0.1) is 0 Å². The molecule has 2 bridgehead atoms. The van der Waals surface area contributed by atoms with Gasteiger partial charge in [0.15, 0.2) is 0 Å². The van der Waals surface area contributed by atoms with Gasteiger partial charge in [0.05, 0.1) is 17.4 Å². The molecule has 2 amide bonds. The first-order valence-corrected chi connectivity index (χ1v) is 13.1. The maximum atomic E-state index is 12.9. The summed E-state index contributed by atoms with van der Waals surface area (Å²) in [6.45, 7) is 0.476. The summed E-state index contributed by atoms with van der Waals surface area (Å²) in [6, 6.07) is 24.4. The number of piperidine rings is 1. The van der Waals surface area contributed by atoms with Crippen LogP contribution in [-0.2, 0) is 20.0 Å². The molecule has 2 aliphatic heterocycles. The second-order valence-corrected chi connectivity index (χ2v) is 10.2. The van der Waals surface area contributed by atoms with Gasteiger partial charge in [-0.15, -0.1) is 0 Å². The Balaban J connectivity index is 1.22. The summed E-state index contributed by atoms with van der Waals surface area (Å²) in [7, 11) is 1.90. The fraction of sp³-hybridized carbons (Fsp3) is 0.333. The van der Waals surface area contributed by atoms with Gasteiger partial charge in [0.25, 0.3) is 0 Å². The summed E-state index contributed by atoms with van der Waals surface area (Å²) in [6.07, 6.45) is 9.22. The van der Waals surface area contributed by atoms with E-state index in [9.17, 15) is 4.79 Å². The van der Waals surface area contributed by atoms with Crippen LogP contribution in [-0.4, -0.2) is 27.9 Å². The molecule has 6 rings (SSSR count). The molecule has 1 aromatic heterocycles. The van der Waals surface area contributed by atoms with E-state index in [4.69, 9.17) is 0 Å². The Hall–Kier alpha value is -3.80. The first-order valence-electron chi connectivity index (χ1n) is 13.1. The highest BCUT2D eigenvalue weighted by atomic mass is 16.2. The Bertz CT molecular complexity index is 1360. The molecule has 0 radical (unpaired) electrons. The SMILES string of the molecule is Cn1ncc2c(NC(=O)NCc3ccc(N4[C@@H]5CCC[C@H]4CC5)cc3Cc3ccccc3)cccc21. The van der Waals surface area contributed by atoms with E-state index < -0.39 is 0 Å². The van der Waals surface area contributed by atoms with E-state index in [2.05, 4.69) is 69.2 Å². The number of carbonyl (C=O) groups is 1. The predicted molar refractivity (Wildman–Crippen MR) is 145 cm³/mol. The Labute approximate surface area is 212 Å². The molecular weight excluding hydrogens is 446 g/mol. The molecular formula is C30H33N5O. The summed E-state index contributed by atoms with van der Waals surface area (Å²) in [5.74, 6) is 0. The van der Waals surface area contributed by atoms with E-state index >= 15 is 0 Å². The third-order valence-corrected chi connectivity index (χ3v) is 7.90. The maximum absolute atomic E-state index is 12.9. The number of aryl methyl sites for hydroxylation is 1. The molecule has 36 heavy (non-hydrogen) atoms. The Kier molecular flexibility index (Phi) is 6.09. The third kappa shape index (κ3) is 4.43. The molecule has 6 heteroatoms. The molecule has 2 saturated heterocycles. The number of anilines is 2. The van der Waals surface area contributed by atoms with Crippen LogP contribution >= 0.6 is 0 Å². The lowest BCUT2D eigenvalue weighted by Gasteiger charge is -2.37. The van der Waals surface area contributed by atoms with Gasteiger partial charge < -0.3 is 15.5 Å². The van der Waals surface area contributed by atoms with E-state index in [0.29, 0.717) is 18.6 Å². The minimum absolute atomic E-state index is 0.213. The van der Waals surface area contributed by atoms with Crippen molar-refractivity contribution in [3.05, 3.63) is 89.6 Å². The zero-order valence-corrected chi connectivity index (χ0v) is 20.8. The molecule has 0 unspecified atom stereocenters. The number of hydrogen-bond donors (Lipinski definition) is 2. The summed E-state index contributed by atoms with van der Waals surface area (Å²) in [4.78, 5) is 15.5. The molecule has 4 aromatic rings. The van der Waals surface area contributed by atoms with Gasteiger partial charge in [-0.3, -0.25) is 4.68 Å². The monoisotopic (exact) mass is 479 g/mol. The summed E-state index contributed by atoms with van der Waals surface area (Å²) in [5, 5.41) is 11.3. The van der Waals surface area contributed by atoms with Gasteiger partial charge in [-0.25, -0.2) is 4.79 Å². The van der Waals surface area contributed by atoms with Gasteiger partial charge in [-0.05, 0) is 79.5 Å². The standard InChI is InChI=1S/C30H33N5O/c1-34-29-12-6-11-28(27(29)20-32-34)33-30(36)31-19-22-13-14-26(35-24-9-5-10-25(35)16-15-24)18-23(22)17-21-7-3-2-4-8-21/h2-4,6-8,11-14,18,20,24-25H,5,9-10,15-17,19H2,1H3,(H2,31,33,36)/t24-,25+. The zero-order chi connectivity index (χ0) is 24.5. The molecule has 2 aliphatic rings. The van der Waals surface area contributed by atoms with Crippen LogP contribution in [0.25, 0.3) is 10.9 Å². The van der Waals surface area contributed by atoms with Crippen LogP contribution < -0.4 is 15.5 Å². The second kappa shape index (κ2) is 9.69. The Morgan fingerprint density at radius 1 is 0.944 bits per heavy atom. The summed E-state index contributed by atoms with van der Waals surface area (Å²) in [5.41, 5.74) is 6.80. The van der Waals surface area contributed by atoms with Crippen molar-refractivity contribution < 1.29 is 4.79 Å². The van der Waals surface area contributed by atoms with Crippen LogP contribution in [0.1, 0.15) is 48.8 Å². The highest BCUT2D eigenvalue weighted by Crippen LogP contribution is 2.40. The number of nitrogens with zero attached hydrogens (tertiary/aromatic N) is 3. The lowest BCUT2D eigenvalue weighted by molar-refractivity contribution is 0.251. The first kappa shape index (κ1) is 22.7. The van der Waals surface area contributed by atoms with Crippen molar-refractivity contribution >= 4 is 28.3 Å². The smallest absolute Gasteiger partial charge is 0.319 e. The van der Waals surface area contributed by atoms with Crippen molar-refractivity contribution in [1.82, 2.24) is 15.1 Å². The molecule has 2 fully saturated rings. The molecule has 184 valence electrons. The molecule has 0 saturated carbocycles. The third-order valence-electron chi connectivity index (χ3n) is 7.90. The number of hydrogen-bond acceptors (Lipinski definition) is 3. The van der Waals surface area contributed by atoms with Crippen molar-refractivity contribution in [2.24, 2.45) is 7.05 Å². The number of carbonyl (C=O) groups excluding carboxylic acids is 1. The van der Waals surface area contributed by atoms with E-state index in [-0.39, 0.29) is 6.03 Å². The van der Waals surface area contributed by atoms with Crippen molar-refractivity contribution in [1.29, 1.82) is 0 Å². The first-order chi connectivity index (χ1) is 17.7. The molecule has 3 heterocycles. The fourth-order valence-electron chi connectivity index (χ4n) is 6.09. The zero-order valence-electron chi connectivity index (χ0n) is 20.8. The van der Waals surface area contributed by atoms with Gasteiger partial charge in [-0.2, -0.15) is 5.10 Å². The van der Waals surface area contributed by atoms with Crippen molar-refractivity contribution in [3.63, 3.8) is 0 Å². The minimum Gasteiger partial charge on any atom is -0.366 e. The van der Waals surface area contributed by atoms with Crippen LogP contribution in [0.3, 0.4) is 0 Å². The van der Waals surface area contributed by atoms with Crippen molar-refractivity contribution in [2.75, 3.05) is 10.2 Å². The van der Waals surface area contributed by atoms with Gasteiger partial charge in [0, 0.05) is 36.7 Å². The van der Waals surface area contributed by atoms with Crippen molar-refractivity contribution in [2.45, 2.75) is 57.2 Å². The number of nitrogens with one attached hydrogen (secondary N) is 2. The molecule has 0 spiro atoms. The van der Waals surface area contributed by atoms with Gasteiger partial charge in [0.2, 0.25) is 0 Å². The molecule has 0 aliphatic carbocycles. The topological polar surface area (TPSA) is 62.2 Å². The highest BCUT2D eigenvalue weighted by Gasteiger charge is 2.36. The number of fused-ring (bicyclic) bond motifs is 3. The number of benzene rings is 3. The molecule has 2 atom stereocenters. The van der Waals surface area contributed by atoms with Gasteiger partial charge >= 0.3 is 6.03 Å². The van der Waals surface area contributed by atoms with E-state index in [1.807, 2.05) is 29.9 Å². The van der Waals surface area contributed by atoms with E-state index in [1.165, 1.54) is 48.9 Å². The Morgan fingerprint density at radius 3 is 2.56 bits per heavy atom. The van der Waals surface area contributed by atoms with Crippen molar-refractivity contribution in [3.8, 4) is 0 Å². The second-order valence-electron chi connectivity index (χ2n) is 10.2. The largest absolute Gasteiger partial charge is 0.366 e. The van der Waals surface area contributed by atoms with E-state index in [1.54, 1.807) is 6.20 Å².